The highest BCUT2D eigenvalue weighted by Gasteiger charge is 2.38. The van der Waals surface area contributed by atoms with Crippen molar-refractivity contribution in [2.24, 2.45) is 0 Å². The highest BCUT2D eigenvalue weighted by atomic mass is 35.5. The third kappa shape index (κ3) is 5.62. The van der Waals surface area contributed by atoms with Gasteiger partial charge in [-0.2, -0.15) is 5.10 Å². The zero-order chi connectivity index (χ0) is 28.3. The number of nitrogens with zero attached hydrogens (tertiary/aromatic N) is 3. The Balaban J connectivity index is 1.54. The molecule has 2 aliphatic rings. The number of rotatable bonds is 7. The van der Waals surface area contributed by atoms with Gasteiger partial charge >= 0.3 is 0 Å². The molecule has 2 amide bonds. The zero-order valence-electron chi connectivity index (χ0n) is 22.1. The summed E-state index contributed by atoms with van der Waals surface area (Å²) in [6.07, 6.45) is 1.81. The second kappa shape index (κ2) is 12.1. The van der Waals surface area contributed by atoms with Crippen LogP contribution < -0.4 is 10.2 Å². The Morgan fingerprint density at radius 3 is 2.59 bits per heavy atom. The summed E-state index contributed by atoms with van der Waals surface area (Å²) in [5, 5.41) is 7.77. The van der Waals surface area contributed by atoms with Crippen molar-refractivity contribution < 1.29 is 18.7 Å². The second-order valence-corrected chi connectivity index (χ2v) is 11.4. The van der Waals surface area contributed by atoms with Crippen LogP contribution in [0.5, 0.6) is 0 Å². The lowest BCUT2D eigenvalue weighted by molar-refractivity contribution is -0.123. The SMILES string of the molecule is O=C(CN1C(=O)CS[C@H](c2ccccc2F)c2c(-c3ccccc3)nn(-c3ccccc3Cl)c21)NC[C@@H]1CCCO1. The highest BCUT2D eigenvalue weighted by Crippen LogP contribution is 2.49. The van der Waals surface area contributed by atoms with E-state index in [2.05, 4.69) is 5.32 Å². The molecule has 1 N–H and O–H groups in total. The minimum atomic E-state index is -0.568. The molecule has 41 heavy (non-hydrogen) atoms. The Kier molecular flexibility index (Phi) is 8.09. The van der Waals surface area contributed by atoms with E-state index in [1.54, 1.807) is 35.0 Å². The lowest BCUT2D eigenvalue weighted by Crippen LogP contribution is -2.44. The molecule has 3 heterocycles. The number of amides is 2. The number of nitrogens with one attached hydrogen (secondary N) is 1. The number of thioether (sulfide) groups is 1. The van der Waals surface area contributed by atoms with Gasteiger partial charge in [0, 0.05) is 29.8 Å². The monoisotopic (exact) mass is 590 g/mol. The Bertz CT molecular complexity index is 1570. The predicted molar refractivity (Wildman–Crippen MR) is 159 cm³/mol. The van der Waals surface area contributed by atoms with Gasteiger partial charge in [0.25, 0.3) is 0 Å². The molecule has 10 heteroatoms. The fourth-order valence-electron chi connectivity index (χ4n) is 5.29. The average Bonchev–Trinajstić information content (AvgIpc) is 3.62. The number of para-hydroxylation sites is 1. The van der Waals surface area contributed by atoms with Crippen LogP contribution in [0.2, 0.25) is 5.02 Å². The number of carbonyl (C=O) groups excluding carboxylic acids is 2. The number of carbonyl (C=O) groups is 2. The van der Waals surface area contributed by atoms with E-state index >= 15 is 4.39 Å². The first-order valence-electron chi connectivity index (χ1n) is 13.5. The van der Waals surface area contributed by atoms with E-state index < -0.39 is 5.25 Å². The standard InChI is InChI=1S/C31H28ClFN4O3S/c32-23-13-5-7-15-25(23)37-31-28(29(35-37)20-9-2-1-3-10-20)30(22-12-4-6-14-24(22)33)41-19-27(39)36(31)18-26(38)34-17-21-11-8-16-40-21/h1-7,9-10,12-15,21,30H,8,11,16-19H2,(H,34,38)/t21-,30+/m0/s1. The van der Waals surface area contributed by atoms with Crippen LogP contribution in [0.1, 0.15) is 29.2 Å². The second-order valence-electron chi connectivity index (χ2n) is 9.95. The number of fused-ring (bicyclic) bond motifs is 1. The van der Waals surface area contributed by atoms with E-state index in [0.29, 0.717) is 46.5 Å². The van der Waals surface area contributed by atoms with Gasteiger partial charge in [-0.15, -0.1) is 11.8 Å². The van der Waals surface area contributed by atoms with Crippen LogP contribution in [0.25, 0.3) is 16.9 Å². The topological polar surface area (TPSA) is 76.5 Å². The van der Waals surface area contributed by atoms with E-state index in [9.17, 15) is 9.59 Å². The number of ether oxygens (including phenoxy) is 1. The van der Waals surface area contributed by atoms with Gasteiger partial charge in [0.2, 0.25) is 11.8 Å². The predicted octanol–water partition coefficient (Wildman–Crippen LogP) is 5.80. The third-order valence-corrected chi connectivity index (χ3v) is 8.81. The number of hydrogen-bond donors (Lipinski definition) is 1. The largest absolute Gasteiger partial charge is 0.376 e. The third-order valence-electron chi connectivity index (χ3n) is 7.26. The van der Waals surface area contributed by atoms with Crippen LogP contribution in [0, 0.1) is 5.82 Å². The molecular weight excluding hydrogens is 563 g/mol. The lowest BCUT2D eigenvalue weighted by atomic mass is 9.99. The molecule has 0 spiro atoms. The minimum Gasteiger partial charge on any atom is -0.376 e. The van der Waals surface area contributed by atoms with Gasteiger partial charge in [-0.25, -0.2) is 9.07 Å². The van der Waals surface area contributed by atoms with E-state index in [1.807, 2.05) is 42.5 Å². The van der Waals surface area contributed by atoms with E-state index in [1.165, 1.54) is 22.7 Å². The van der Waals surface area contributed by atoms with Crippen molar-refractivity contribution in [2.75, 3.05) is 30.3 Å². The van der Waals surface area contributed by atoms with Crippen LogP contribution in [-0.4, -0.2) is 53.1 Å². The zero-order valence-corrected chi connectivity index (χ0v) is 23.7. The van der Waals surface area contributed by atoms with Gasteiger partial charge < -0.3 is 10.1 Å². The minimum absolute atomic E-state index is 0.0336. The first-order valence-corrected chi connectivity index (χ1v) is 14.9. The molecule has 0 radical (unpaired) electrons. The molecule has 1 fully saturated rings. The Labute approximate surface area is 246 Å². The molecule has 0 saturated carbocycles. The van der Waals surface area contributed by atoms with E-state index in [-0.39, 0.29) is 36.0 Å². The summed E-state index contributed by atoms with van der Waals surface area (Å²) in [5.41, 5.74) is 3.01. The molecule has 3 aromatic carbocycles. The first kappa shape index (κ1) is 27.5. The van der Waals surface area contributed by atoms with E-state index in [0.717, 1.165) is 18.4 Å². The van der Waals surface area contributed by atoms with Gasteiger partial charge in [0.05, 0.1) is 33.5 Å². The summed E-state index contributed by atoms with van der Waals surface area (Å²) in [7, 11) is 0. The van der Waals surface area contributed by atoms with Crippen molar-refractivity contribution in [2.45, 2.75) is 24.2 Å². The van der Waals surface area contributed by atoms with Crippen molar-refractivity contribution >= 4 is 41.0 Å². The summed E-state index contributed by atoms with van der Waals surface area (Å²) in [5.74, 6) is -0.538. The molecule has 0 bridgehead atoms. The van der Waals surface area contributed by atoms with Crippen LogP contribution >= 0.6 is 23.4 Å². The molecule has 0 aliphatic carbocycles. The molecule has 4 aromatic rings. The molecule has 1 saturated heterocycles. The van der Waals surface area contributed by atoms with Crippen molar-refractivity contribution in [3.05, 3.63) is 101 Å². The molecule has 6 rings (SSSR count). The summed E-state index contributed by atoms with van der Waals surface area (Å²) in [6.45, 7) is 0.829. The summed E-state index contributed by atoms with van der Waals surface area (Å²) in [4.78, 5) is 28.5. The maximum Gasteiger partial charge on any atom is 0.240 e. The van der Waals surface area contributed by atoms with Crippen LogP contribution in [0.3, 0.4) is 0 Å². The Morgan fingerprint density at radius 1 is 1.07 bits per heavy atom. The highest BCUT2D eigenvalue weighted by molar-refractivity contribution is 8.00. The number of hydrogen-bond acceptors (Lipinski definition) is 5. The number of anilines is 1. The molecular formula is C31H28ClFN4O3S. The lowest BCUT2D eigenvalue weighted by Gasteiger charge is -2.24. The molecule has 0 unspecified atom stereocenters. The number of aromatic nitrogens is 2. The molecule has 210 valence electrons. The molecule has 2 aliphatic heterocycles. The van der Waals surface area contributed by atoms with Crippen LogP contribution in [-0.2, 0) is 14.3 Å². The quantitative estimate of drug-likeness (QED) is 0.295. The van der Waals surface area contributed by atoms with Gasteiger partial charge in [0.15, 0.2) is 0 Å². The number of benzene rings is 3. The maximum atomic E-state index is 15.3. The van der Waals surface area contributed by atoms with Crippen molar-refractivity contribution in [3.8, 4) is 16.9 Å². The molecule has 1 aromatic heterocycles. The summed E-state index contributed by atoms with van der Waals surface area (Å²) in [6, 6.07) is 23.3. The fraction of sp³-hybridized carbons (Fsp3) is 0.258. The van der Waals surface area contributed by atoms with Crippen molar-refractivity contribution in [1.82, 2.24) is 15.1 Å². The van der Waals surface area contributed by atoms with Crippen LogP contribution in [0.15, 0.2) is 78.9 Å². The Hall–Kier alpha value is -3.66. The molecule has 7 nitrogen and oxygen atoms in total. The fourth-order valence-corrected chi connectivity index (χ4v) is 6.72. The van der Waals surface area contributed by atoms with Gasteiger partial charge in [-0.3, -0.25) is 14.5 Å². The first-order chi connectivity index (χ1) is 20.0. The van der Waals surface area contributed by atoms with Gasteiger partial charge in [0.1, 0.15) is 18.2 Å². The van der Waals surface area contributed by atoms with Crippen molar-refractivity contribution in [3.63, 3.8) is 0 Å². The normalized spacial score (nSPS) is 18.7. The Morgan fingerprint density at radius 2 is 1.83 bits per heavy atom. The summed E-state index contributed by atoms with van der Waals surface area (Å²) >= 11 is 7.98. The van der Waals surface area contributed by atoms with E-state index in [4.69, 9.17) is 21.4 Å². The van der Waals surface area contributed by atoms with Gasteiger partial charge in [-0.05, 0) is 31.0 Å². The average molecular weight is 591 g/mol. The van der Waals surface area contributed by atoms with Gasteiger partial charge in [-0.1, -0.05) is 72.3 Å². The van der Waals surface area contributed by atoms with Crippen molar-refractivity contribution in [1.29, 1.82) is 0 Å². The van der Waals surface area contributed by atoms with Crippen LogP contribution in [0.4, 0.5) is 10.2 Å². The summed E-state index contributed by atoms with van der Waals surface area (Å²) < 4.78 is 22.6. The maximum absolute atomic E-state index is 15.3. The molecule has 2 atom stereocenters. The smallest absolute Gasteiger partial charge is 0.240 e. The number of halogens is 2.